The van der Waals surface area contributed by atoms with E-state index >= 15 is 0 Å². The number of nitrogens with two attached hydrogens (primary N) is 4. The Hall–Kier alpha value is -0.940. The molecule has 0 radical (unpaired) electrons. The molecule has 0 unspecified atom stereocenters. The van der Waals surface area contributed by atoms with Crippen LogP contribution in [0.4, 0.5) is 0 Å². The zero-order valence-electron chi connectivity index (χ0n) is 10.2. The summed E-state index contributed by atoms with van der Waals surface area (Å²) < 4.78 is 0. The fraction of sp³-hybridized carbons (Fsp3) is 0.500. The molecule has 0 saturated carbocycles. The minimum absolute atomic E-state index is 0.0128. The molecular weight excluding hydrogens is 200 g/mol. The molecule has 4 heteroatoms. The van der Waals surface area contributed by atoms with Crippen molar-refractivity contribution >= 4 is 0 Å². The summed E-state index contributed by atoms with van der Waals surface area (Å²) in [5.74, 6) is 0. The molecule has 0 fully saturated rings. The van der Waals surface area contributed by atoms with Crippen LogP contribution in [-0.4, -0.2) is 18.6 Å². The summed E-state index contributed by atoms with van der Waals surface area (Å²) >= 11 is 0. The highest BCUT2D eigenvalue weighted by Crippen LogP contribution is 2.06. The monoisotopic (exact) mass is 224 g/mol. The molecule has 0 aromatic heterocycles. The van der Waals surface area contributed by atoms with Gasteiger partial charge in [0.1, 0.15) is 0 Å². The van der Waals surface area contributed by atoms with Crippen molar-refractivity contribution in [3.63, 3.8) is 0 Å². The summed E-state index contributed by atoms with van der Waals surface area (Å²) in [5.41, 5.74) is 22.6. The Balaban J connectivity index is 0.000000325. The van der Waals surface area contributed by atoms with Gasteiger partial charge in [0.25, 0.3) is 0 Å². The van der Waals surface area contributed by atoms with E-state index in [1.54, 1.807) is 0 Å². The minimum Gasteiger partial charge on any atom is -0.329 e. The van der Waals surface area contributed by atoms with Crippen molar-refractivity contribution in [2.24, 2.45) is 22.9 Å². The third kappa shape index (κ3) is 7.36. The molecule has 4 nitrogen and oxygen atoms in total. The van der Waals surface area contributed by atoms with Crippen LogP contribution < -0.4 is 22.9 Å². The van der Waals surface area contributed by atoms with Crippen LogP contribution in [-0.2, 0) is 0 Å². The van der Waals surface area contributed by atoms with Crippen LogP contribution in [0.2, 0.25) is 0 Å². The standard InChI is InChI=1S/C8H12N2.C4H12N2/c9-6-8(10)7-4-2-1-3-5-7;1-4(2,6)3-5/h1-5,8H,6,9-10H2;3,5-6H2,1-2H3/t8-;/m0./s1. The lowest BCUT2D eigenvalue weighted by molar-refractivity contribution is 0.532. The molecule has 0 aliphatic carbocycles. The van der Waals surface area contributed by atoms with Crippen LogP contribution in [0.5, 0.6) is 0 Å². The average molecular weight is 224 g/mol. The van der Waals surface area contributed by atoms with E-state index in [-0.39, 0.29) is 11.6 Å². The molecule has 1 atom stereocenters. The van der Waals surface area contributed by atoms with Crippen molar-refractivity contribution in [2.75, 3.05) is 13.1 Å². The lowest BCUT2D eigenvalue weighted by atomic mass is 10.1. The van der Waals surface area contributed by atoms with Crippen LogP contribution in [0.15, 0.2) is 30.3 Å². The Labute approximate surface area is 98.0 Å². The number of rotatable bonds is 3. The molecule has 1 aromatic rings. The molecule has 0 aliphatic rings. The summed E-state index contributed by atoms with van der Waals surface area (Å²) in [6.07, 6.45) is 0. The predicted octanol–water partition coefficient (Wildman–Crippen LogP) is 0.328. The van der Waals surface area contributed by atoms with E-state index in [1.807, 2.05) is 44.2 Å². The second kappa shape index (κ2) is 7.35. The summed E-state index contributed by atoms with van der Waals surface area (Å²) in [5, 5.41) is 0. The second-order valence-electron chi connectivity index (χ2n) is 4.45. The summed E-state index contributed by atoms with van der Waals surface area (Å²) in [7, 11) is 0. The van der Waals surface area contributed by atoms with Crippen LogP contribution in [0.1, 0.15) is 25.5 Å². The maximum Gasteiger partial charge on any atom is 0.0419 e. The highest BCUT2D eigenvalue weighted by molar-refractivity contribution is 5.18. The summed E-state index contributed by atoms with van der Waals surface area (Å²) in [4.78, 5) is 0. The molecule has 0 aliphatic heterocycles. The first kappa shape index (κ1) is 15.1. The molecular formula is C12H24N4. The Kier molecular flexibility index (Phi) is 6.92. The van der Waals surface area contributed by atoms with Crippen molar-refractivity contribution in [3.05, 3.63) is 35.9 Å². The molecule has 1 rings (SSSR count). The largest absolute Gasteiger partial charge is 0.329 e. The van der Waals surface area contributed by atoms with Gasteiger partial charge < -0.3 is 22.9 Å². The van der Waals surface area contributed by atoms with E-state index < -0.39 is 0 Å². The quantitative estimate of drug-likeness (QED) is 0.594. The Bertz CT molecular complexity index is 266. The molecule has 1 aromatic carbocycles. The van der Waals surface area contributed by atoms with E-state index in [9.17, 15) is 0 Å². The van der Waals surface area contributed by atoms with Gasteiger partial charge in [0.15, 0.2) is 0 Å². The van der Waals surface area contributed by atoms with Crippen LogP contribution >= 0.6 is 0 Å². The fourth-order valence-electron chi connectivity index (χ4n) is 0.836. The molecule has 0 saturated heterocycles. The molecule has 92 valence electrons. The van der Waals surface area contributed by atoms with Crippen molar-refractivity contribution < 1.29 is 0 Å². The molecule has 0 spiro atoms. The Morgan fingerprint density at radius 3 is 1.88 bits per heavy atom. The van der Waals surface area contributed by atoms with Crippen molar-refractivity contribution in [2.45, 2.75) is 25.4 Å². The SMILES string of the molecule is CC(C)(N)CN.NC[C@H](N)c1ccccc1. The Morgan fingerprint density at radius 1 is 1.12 bits per heavy atom. The van der Waals surface area contributed by atoms with Gasteiger partial charge in [-0.2, -0.15) is 0 Å². The molecule has 8 N–H and O–H groups in total. The van der Waals surface area contributed by atoms with Gasteiger partial charge in [-0.3, -0.25) is 0 Å². The smallest absolute Gasteiger partial charge is 0.0419 e. The zero-order valence-corrected chi connectivity index (χ0v) is 10.2. The van der Waals surface area contributed by atoms with Gasteiger partial charge in [0, 0.05) is 24.7 Å². The lowest BCUT2D eigenvalue weighted by Gasteiger charge is -2.13. The van der Waals surface area contributed by atoms with E-state index in [0.29, 0.717) is 13.1 Å². The number of hydrogen-bond acceptors (Lipinski definition) is 4. The van der Waals surface area contributed by atoms with Gasteiger partial charge in [0.05, 0.1) is 0 Å². The lowest BCUT2D eigenvalue weighted by Crippen LogP contribution is -2.40. The summed E-state index contributed by atoms with van der Waals surface area (Å²) in [6, 6.07) is 9.85. The predicted molar refractivity (Wildman–Crippen MR) is 69.7 cm³/mol. The first-order valence-corrected chi connectivity index (χ1v) is 5.40. The van der Waals surface area contributed by atoms with Crippen molar-refractivity contribution in [1.29, 1.82) is 0 Å². The number of benzene rings is 1. The zero-order chi connectivity index (χ0) is 12.6. The van der Waals surface area contributed by atoms with E-state index in [2.05, 4.69) is 0 Å². The van der Waals surface area contributed by atoms with E-state index in [0.717, 1.165) is 5.56 Å². The molecule has 0 heterocycles. The molecule has 16 heavy (non-hydrogen) atoms. The van der Waals surface area contributed by atoms with Crippen molar-refractivity contribution in [1.82, 2.24) is 0 Å². The van der Waals surface area contributed by atoms with Gasteiger partial charge in [-0.15, -0.1) is 0 Å². The van der Waals surface area contributed by atoms with Gasteiger partial charge in [-0.05, 0) is 19.4 Å². The Morgan fingerprint density at radius 2 is 1.56 bits per heavy atom. The van der Waals surface area contributed by atoms with Crippen LogP contribution in [0.25, 0.3) is 0 Å². The minimum atomic E-state index is -0.181. The first-order valence-electron chi connectivity index (χ1n) is 5.40. The highest BCUT2D eigenvalue weighted by atomic mass is 14.8. The number of hydrogen-bond donors (Lipinski definition) is 4. The van der Waals surface area contributed by atoms with Gasteiger partial charge in [-0.25, -0.2) is 0 Å². The van der Waals surface area contributed by atoms with E-state index in [1.165, 1.54) is 0 Å². The second-order valence-corrected chi connectivity index (χ2v) is 4.45. The highest BCUT2D eigenvalue weighted by Gasteiger charge is 2.04. The third-order valence-corrected chi connectivity index (χ3v) is 2.01. The van der Waals surface area contributed by atoms with Gasteiger partial charge >= 0.3 is 0 Å². The average Bonchev–Trinajstić information content (AvgIpc) is 2.29. The van der Waals surface area contributed by atoms with Gasteiger partial charge in [-0.1, -0.05) is 30.3 Å². The van der Waals surface area contributed by atoms with Crippen molar-refractivity contribution in [3.8, 4) is 0 Å². The topological polar surface area (TPSA) is 104 Å². The fourth-order valence-corrected chi connectivity index (χ4v) is 0.836. The molecule has 0 amide bonds. The maximum absolute atomic E-state index is 5.67. The summed E-state index contributed by atoms with van der Waals surface area (Å²) in [6.45, 7) is 4.84. The third-order valence-electron chi connectivity index (χ3n) is 2.01. The van der Waals surface area contributed by atoms with Gasteiger partial charge in [0.2, 0.25) is 0 Å². The normalized spacial score (nSPS) is 12.6. The van der Waals surface area contributed by atoms with Crippen LogP contribution in [0.3, 0.4) is 0 Å². The van der Waals surface area contributed by atoms with Crippen LogP contribution in [0, 0.1) is 0 Å². The maximum atomic E-state index is 5.67. The first-order chi connectivity index (χ1) is 7.40. The van der Waals surface area contributed by atoms with E-state index in [4.69, 9.17) is 22.9 Å². The molecule has 0 bridgehead atoms.